The van der Waals surface area contributed by atoms with E-state index in [4.69, 9.17) is 16.3 Å². The Morgan fingerprint density at radius 1 is 1.03 bits per heavy atom. The summed E-state index contributed by atoms with van der Waals surface area (Å²) in [4.78, 5) is 17.4. The number of para-hydroxylation sites is 1. The lowest BCUT2D eigenvalue weighted by atomic mass is 9.95. The number of aromatic nitrogens is 1. The summed E-state index contributed by atoms with van der Waals surface area (Å²) in [5.41, 5.74) is 5.42. The summed E-state index contributed by atoms with van der Waals surface area (Å²) in [6.45, 7) is 0.538. The van der Waals surface area contributed by atoms with Gasteiger partial charge in [0.05, 0.1) is 36.1 Å². The van der Waals surface area contributed by atoms with Gasteiger partial charge in [0.2, 0.25) is 0 Å². The summed E-state index contributed by atoms with van der Waals surface area (Å²) in [5.74, 6) is 0.790. The lowest BCUT2D eigenvalue weighted by Gasteiger charge is -2.31. The van der Waals surface area contributed by atoms with E-state index in [1.54, 1.807) is 13.2 Å². The van der Waals surface area contributed by atoms with Crippen LogP contribution in [0.2, 0.25) is 5.02 Å². The fourth-order valence-electron chi connectivity index (χ4n) is 5.27. The zero-order chi connectivity index (χ0) is 23.9. The van der Waals surface area contributed by atoms with E-state index in [1.165, 1.54) is 33.8 Å². The summed E-state index contributed by atoms with van der Waals surface area (Å²) >= 11 is 8.28. The molecule has 0 saturated carbocycles. The van der Waals surface area contributed by atoms with E-state index < -0.39 is 0 Å². The second-order valence-corrected chi connectivity index (χ2v) is 10.5. The number of amides is 2. The molecule has 2 aromatic heterocycles. The Balaban J connectivity index is 1.50. The first kappa shape index (κ1) is 22.3. The number of fused-ring (bicyclic) bond motifs is 5. The van der Waals surface area contributed by atoms with Gasteiger partial charge in [-0.15, -0.1) is 11.3 Å². The van der Waals surface area contributed by atoms with Crippen LogP contribution in [0.5, 0.6) is 5.75 Å². The summed E-state index contributed by atoms with van der Waals surface area (Å²) in [5, 5.41) is 4.84. The second-order valence-electron chi connectivity index (χ2n) is 9.01. The topological polar surface area (TPSA) is 46.5 Å². The van der Waals surface area contributed by atoms with Gasteiger partial charge in [-0.05, 0) is 73.2 Å². The largest absolute Gasteiger partial charge is 0.497 e. The molecular formula is C28H26ClN3O2S. The van der Waals surface area contributed by atoms with Crippen molar-refractivity contribution in [1.82, 2.24) is 9.47 Å². The lowest BCUT2D eigenvalue weighted by molar-refractivity contribution is 0.194. The van der Waals surface area contributed by atoms with Gasteiger partial charge >= 0.3 is 6.03 Å². The maximum Gasteiger partial charge on any atom is 0.323 e. The molecule has 1 unspecified atom stereocenters. The quantitative estimate of drug-likeness (QED) is 0.321. The zero-order valence-corrected chi connectivity index (χ0v) is 21.0. The molecule has 35 heavy (non-hydrogen) atoms. The van der Waals surface area contributed by atoms with E-state index in [0.717, 1.165) is 29.8 Å². The van der Waals surface area contributed by atoms with Gasteiger partial charge in [0.15, 0.2) is 0 Å². The molecule has 178 valence electrons. The predicted molar refractivity (Wildman–Crippen MR) is 141 cm³/mol. The lowest BCUT2D eigenvalue weighted by Crippen LogP contribution is -2.38. The molecule has 0 fully saturated rings. The third-order valence-electron chi connectivity index (χ3n) is 6.99. The van der Waals surface area contributed by atoms with E-state index in [9.17, 15) is 4.79 Å². The van der Waals surface area contributed by atoms with E-state index in [0.29, 0.717) is 17.3 Å². The smallest absolute Gasteiger partial charge is 0.323 e. The Labute approximate surface area is 213 Å². The molecule has 3 heterocycles. The number of aryl methyl sites for hydroxylation is 1. The van der Waals surface area contributed by atoms with Crippen LogP contribution in [-0.2, 0) is 19.4 Å². The number of hydrogen-bond donors (Lipinski definition) is 1. The van der Waals surface area contributed by atoms with Crippen LogP contribution >= 0.6 is 22.9 Å². The average molecular weight is 504 g/mol. The number of carbonyl (C=O) groups excluding carboxylic acids is 1. The summed E-state index contributed by atoms with van der Waals surface area (Å²) < 4.78 is 7.68. The molecule has 0 spiro atoms. The van der Waals surface area contributed by atoms with E-state index >= 15 is 0 Å². The van der Waals surface area contributed by atoms with Crippen molar-refractivity contribution in [2.24, 2.45) is 0 Å². The number of anilines is 1. The molecule has 1 N–H and O–H groups in total. The molecule has 7 heteroatoms. The average Bonchev–Trinajstić information content (AvgIpc) is 3.47. The molecule has 1 aliphatic carbocycles. The van der Waals surface area contributed by atoms with Gasteiger partial charge in [0.1, 0.15) is 10.8 Å². The van der Waals surface area contributed by atoms with Gasteiger partial charge in [0.25, 0.3) is 0 Å². The van der Waals surface area contributed by atoms with Crippen molar-refractivity contribution in [3.8, 4) is 10.8 Å². The van der Waals surface area contributed by atoms with Crippen molar-refractivity contribution in [2.45, 2.75) is 38.3 Å². The van der Waals surface area contributed by atoms with Crippen LogP contribution in [0.3, 0.4) is 0 Å². The molecule has 0 bridgehead atoms. The molecule has 5 nitrogen and oxygen atoms in total. The van der Waals surface area contributed by atoms with Crippen molar-refractivity contribution < 1.29 is 9.53 Å². The normalized spacial score (nSPS) is 16.6. The second kappa shape index (κ2) is 9.10. The summed E-state index contributed by atoms with van der Waals surface area (Å²) in [6.07, 6.45) is 6.75. The number of halogens is 1. The van der Waals surface area contributed by atoms with Gasteiger partial charge in [0, 0.05) is 16.6 Å². The number of nitrogens with one attached hydrogen (secondary N) is 1. The monoisotopic (exact) mass is 503 g/mol. The van der Waals surface area contributed by atoms with Gasteiger partial charge in [-0.3, -0.25) is 0 Å². The molecule has 2 amide bonds. The molecular weight excluding hydrogens is 478 g/mol. The third-order valence-corrected chi connectivity index (χ3v) is 8.65. The Morgan fingerprint density at radius 3 is 2.63 bits per heavy atom. The summed E-state index contributed by atoms with van der Waals surface area (Å²) in [7, 11) is 1.66. The molecule has 2 aromatic carbocycles. The van der Waals surface area contributed by atoms with Crippen molar-refractivity contribution in [2.75, 3.05) is 12.4 Å². The Hall–Kier alpha value is -3.22. The van der Waals surface area contributed by atoms with Crippen LogP contribution < -0.4 is 10.1 Å². The van der Waals surface area contributed by atoms with Gasteiger partial charge in [-0.1, -0.05) is 35.9 Å². The number of carbonyl (C=O) groups is 1. The van der Waals surface area contributed by atoms with Crippen molar-refractivity contribution in [3.63, 3.8) is 0 Å². The predicted octanol–water partition coefficient (Wildman–Crippen LogP) is 7.22. The van der Waals surface area contributed by atoms with Gasteiger partial charge in [-0.25, -0.2) is 4.79 Å². The highest BCUT2D eigenvalue weighted by atomic mass is 35.5. The number of thiophene rings is 1. The fourth-order valence-corrected chi connectivity index (χ4v) is 6.86. The van der Waals surface area contributed by atoms with E-state index in [2.05, 4.69) is 28.2 Å². The first-order chi connectivity index (χ1) is 17.1. The molecule has 2 aliphatic rings. The third kappa shape index (κ3) is 3.91. The number of rotatable bonds is 3. The minimum atomic E-state index is -0.266. The molecule has 4 aromatic rings. The number of methoxy groups -OCH3 is 1. The molecule has 6 rings (SSSR count). The number of benzene rings is 2. The maximum atomic E-state index is 13.9. The highest BCUT2D eigenvalue weighted by Crippen LogP contribution is 2.44. The van der Waals surface area contributed by atoms with Crippen LogP contribution in [0.4, 0.5) is 10.5 Å². The maximum absolute atomic E-state index is 13.9. The molecule has 1 atom stereocenters. The highest BCUT2D eigenvalue weighted by molar-refractivity contribution is 7.15. The van der Waals surface area contributed by atoms with Crippen LogP contribution in [-0.4, -0.2) is 22.6 Å². The van der Waals surface area contributed by atoms with Crippen molar-refractivity contribution >= 4 is 34.7 Å². The number of nitrogens with zero attached hydrogens (tertiary/aromatic N) is 2. The Morgan fingerprint density at radius 2 is 1.83 bits per heavy atom. The first-order valence-corrected chi connectivity index (χ1v) is 13.1. The SMILES string of the molecule is COc1ccc(C2c3cccn3-c3sc4c(c3CN2C(=O)Nc2ccccc2Cl)CCCC4)cc1. The minimum absolute atomic E-state index is 0.171. The molecule has 1 aliphatic heterocycles. The fraction of sp³-hybridized carbons (Fsp3) is 0.250. The zero-order valence-electron chi connectivity index (χ0n) is 19.5. The van der Waals surface area contributed by atoms with E-state index in [-0.39, 0.29) is 12.1 Å². The van der Waals surface area contributed by atoms with Gasteiger partial charge in [-0.2, -0.15) is 0 Å². The van der Waals surface area contributed by atoms with Crippen molar-refractivity contribution in [3.05, 3.63) is 99.1 Å². The number of urea groups is 1. The van der Waals surface area contributed by atoms with Crippen molar-refractivity contribution in [1.29, 1.82) is 0 Å². The minimum Gasteiger partial charge on any atom is -0.497 e. The summed E-state index contributed by atoms with van der Waals surface area (Å²) in [6, 6.07) is 19.1. The van der Waals surface area contributed by atoms with Gasteiger partial charge < -0.3 is 19.5 Å². The standard InChI is InChI=1S/C28H26ClN3O2S/c1-34-19-14-12-18(13-15-19)26-24-10-6-16-31(24)27-21(20-7-2-5-11-25(20)35-27)17-32(26)28(33)30-23-9-4-3-8-22(23)29/h3-4,6,8-10,12-16,26H,2,5,7,11,17H2,1H3,(H,30,33). The number of hydrogen-bond acceptors (Lipinski definition) is 3. The Kier molecular flexibility index (Phi) is 5.78. The Bertz CT molecular complexity index is 1390. The first-order valence-electron chi connectivity index (χ1n) is 11.9. The highest BCUT2D eigenvalue weighted by Gasteiger charge is 2.36. The van der Waals surface area contributed by atoms with Crippen LogP contribution in [0.25, 0.3) is 5.00 Å². The van der Waals surface area contributed by atoms with Crippen LogP contribution in [0.1, 0.15) is 46.1 Å². The molecule has 0 radical (unpaired) electrons. The van der Waals surface area contributed by atoms with Crippen LogP contribution in [0, 0.1) is 0 Å². The van der Waals surface area contributed by atoms with Crippen LogP contribution in [0.15, 0.2) is 66.9 Å². The molecule has 0 saturated heterocycles. The number of ether oxygens (including phenoxy) is 1. The van der Waals surface area contributed by atoms with E-state index in [1.807, 2.05) is 58.7 Å².